The molecule has 0 saturated heterocycles. The van der Waals surface area contributed by atoms with Gasteiger partial charge in [-0.15, -0.1) is 0 Å². The predicted molar refractivity (Wildman–Crippen MR) is 139 cm³/mol. The van der Waals surface area contributed by atoms with E-state index < -0.39 is 0 Å². The average Bonchev–Trinajstić information content (AvgIpc) is 3.17. The van der Waals surface area contributed by atoms with Gasteiger partial charge >= 0.3 is 0 Å². The molecule has 1 aliphatic heterocycles. The van der Waals surface area contributed by atoms with Crippen molar-refractivity contribution < 1.29 is 14.2 Å². The number of fused-ring (bicyclic) bond motifs is 1. The highest BCUT2D eigenvalue weighted by Crippen LogP contribution is 2.41. The Hall–Kier alpha value is -3.03. The van der Waals surface area contributed by atoms with Crippen molar-refractivity contribution in [3.05, 3.63) is 83.5 Å². The monoisotopic (exact) mass is 510 g/mol. The van der Waals surface area contributed by atoms with Crippen LogP contribution in [0.25, 0.3) is 6.08 Å². The Morgan fingerprint density at radius 1 is 1.09 bits per heavy atom. The van der Waals surface area contributed by atoms with E-state index in [1.165, 1.54) is 16.9 Å². The predicted octanol–water partition coefficient (Wildman–Crippen LogP) is 4.71. The summed E-state index contributed by atoms with van der Waals surface area (Å²) in [5.74, 6) is 1.94. The molecule has 0 spiro atoms. The Kier molecular flexibility index (Phi) is 6.47. The third kappa shape index (κ3) is 4.17. The first-order valence-corrected chi connectivity index (χ1v) is 12.7. The summed E-state index contributed by atoms with van der Waals surface area (Å²) in [5, 5.41) is 0.675. The van der Waals surface area contributed by atoms with E-state index in [4.69, 9.17) is 30.8 Å². The van der Waals surface area contributed by atoms with Crippen molar-refractivity contribution in [2.24, 2.45) is 10.9 Å². The van der Waals surface area contributed by atoms with Gasteiger partial charge in [0.2, 0.25) is 5.75 Å². The fourth-order valence-electron chi connectivity index (χ4n) is 5.06. The quantitative estimate of drug-likeness (QED) is 0.498. The molecule has 0 N–H and O–H groups in total. The molecule has 0 radical (unpaired) electrons. The maximum absolute atomic E-state index is 13.8. The van der Waals surface area contributed by atoms with Crippen molar-refractivity contribution >= 4 is 29.0 Å². The van der Waals surface area contributed by atoms with Crippen LogP contribution in [-0.2, 0) is 0 Å². The van der Waals surface area contributed by atoms with Crippen molar-refractivity contribution in [1.29, 1.82) is 0 Å². The molecule has 8 heteroatoms. The van der Waals surface area contributed by atoms with Crippen molar-refractivity contribution in [1.82, 2.24) is 4.57 Å². The van der Waals surface area contributed by atoms with E-state index in [1.54, 1.807) is 21.3 Å². The van der Waals surface area contributed by atoms with Crippen molar-refractivity contribution in [2.75, 3.05) is 21.3 Å². The standard InChI is InChI=1S/C27H27ClN2O4S/c1-15-6-5-7-19-23(15)24(17-8-10-18(28)11-9-17)30-26(31)22(35-27(30)29-19)14-16-12-20(32-2)25(34-4)21(13-16)33-3/h8-15,24H,5-7H2,1-4H3. The summed E-state index contributed by atoms with van der Waals surface area (Å²) in [6, 6.07) is 11.3. The van der Waals surface area contributed by atoms with E-state index in [0.717, 1.165) is 40.9 Å². The van der Waals surface area contributed by atoms with Crippen molar-refractivity contribution in [3.63, 3.8) is 0 Å². The number of halogens is 1. The second-order valence-corrected chi connectivity index (χ2v) is 10.2. The molecule has 0 saturated carbocycles. The number of nitrogens with zero attached hydrogens (tertiary/aromatic N) is 2. The minimum atomic E-state index is -0.184. The first kappa shape index (κ1) is 23.7. The number of hydrogen-bond donors (Lipinski definition) is 0. The smallest absolute Gasteiger partial charge is 0.271 e. The molecule has 182 valence electrons. The Labute approximate surface area is 212 Å². The van der Waals surface area contributed by atoms with Gasteiger partial charge in [-0.2, -0.15) is 0 Å². The number of aromatic nitrogens is 1. The molecule has 2 aliphatic rings. The molecule has 1 aliphatic carbocycles. The van der Waals surface area contributed by atoms with Crippen LogP contribution in [0.5, 0.6) is 17.2 Å². The zero-order chi connectivity index (χ0) is 24.7. The lowest BCUT2D eigenvalue weighted by Crippen LogP contribution is -2.40. The van der Waals surface area contributed by atoms with Crippen LogP contribution in [0.15, 0.2) is 57.5 Å². The van der Waals surface area contributed by atoms with Crippen LogP contribution in [0.2, 0.25) is 5.02 Å². The Bertz CT molecular complexity index is 1460. The minimum absolute atomic E-state index is 0.0632. The van der Waals surface area contributed by atoms with Gasteiger partial charge < -0.3 is 14.2 Å². The van der Waals surface area contributed by atoms with E-state index in [1.807, 2.05) is 47.0 Å². The highest BCUT2D eigenvalue weighted by molar-refractivity contribution is 7.07. The number of rotatable bonds is 5. The molecule has 6 nitrogen and oxygen atoms in total. The first-order valence-electron chi connectivity index (χ1n) is 11.5. The number of ether oxygens (including phenoxy) is 3. The van der Waals surface area contributed by atoms with E-state index >= 15 is 0 Å². The van der Waals surface area contributed by atoms with Crippen molar-refractivity contribution in [2.45, 2.75) is 32.2 Å². The Balaban J connectivity index is 1.72. The average molecular weight is 511 g/mol. The molecule has 2 aromatic carbocycles. The second-order valence-electron chi connectivity index (χ2n) is 8.79. The number of benzene rings is 2. The van der Waals surface area contributed by atoms with Gasteiger partial charge in [-0.25, -0.2) is 4.99 Å². The summed E-state index contributed by atoms with van der Waals surface area (Å²) in [6.07, 6.45) is 5.00. The lowest BCUT2D eigenvalue weighted by Gasteiger charge is -2.33. The molecule has 2 atom stereocenters. The number of thiazole rings is 1. The highest BCUT2D eigenvalue weighted by Gasteiger charge is 2.33. The Morgan fingerprint density at radius 3 is 2.40 bits per heavy atom. The summed E-state index contributed by atoms with van der Waals surface area (Å²) >= 11 is 7.59. The van der Waals surface area contributed by atoms with Crippen LogP contribution in [0, 0.1) is 5.92 Å². The molecule has 0 bridgehead atoms. The van der Waals surface area contributed by atoms with Gasteiger partial charge in [0.1, 0.15) is 0 Å². The number of hydrogen-bond acceptors (Lipinski definition) is 6. The zero-order valence-electron chi connectivity index (χ0n) is 20.1. The molecule has 3 aromatic rings. The molecule has 0 fully saturated rings. The lowest BCUT2D eigenvalue weighted by molar-refractivity contribution is 0.324. The van der Waals surface area contributed by atoms with Crippen LogP contribution in [0.4, 0.5) is 0 Å². The largest absolute Gasteiger partial charge is 0.493 e. The van der Waals surface area contributed by atoms with Gasteiger partial charge in [0.15, 0.2) is 16.3 Å². The molecular formula is C27H27ClN2O4S. The third-order valence-electron chi connectivity index (χ3n) is 6.71. The number of methoxy groups -OCH3 is 3. The van der Waals surface area contributed by atoms with E-state index in [9.17, 15) is 4.79 Å². The zero-order valence-corrected chi connectivity index (χ0v) is 21.7. The van der Waals surface area contributed by atoms with Crippen LogP contribution in [-0.4, -0.2) is 25.9 Å². The van der Waals surface area contributed by atoms with Crippen LogP contribution in [0.1, 0.15) is 43.4 Å². The highest BCUT2D eigenvalue weighted by atomic mass is 35.5. The van der Waals surface area contributed by atoms with Crippen LogP contribution < -0.4 is 29.1 Å². The van der Waals surface area contributed by atoms with Crippen LogP contribution in [0.3, 0.4) is 0 Å². The van der Waals surface area contributed by atoms with E-state index in [2.05, 4.69) is 6.92 Å². The molecule has 2 heterocycles. The first-order chi connectivity index (χ1) is 16.9. The molecule has 1 aromatic heterocycles. The fraction of sp³-hybridized carbons (Fsp3) is 0.333. The summed E-state index contributed by atoms with van der Waals surface area (Å²) in [5.41, 5.74) is 4.12. The summed E-state index contributed by atoms with van der Waals surface area (Å²) in [7, 11) is 4.72. The molecule has 0 amide bonds. The normalized spacial score (nSPS) is 19.6. The van der Waals surface area contributed by atoms with Gasteiger partial charge in [-0.05, 0) is 72.2 Å². The summed E-state index contributed by atoms with van der Waals surface area (Å²) < 4.78 is 18.9. The maximum Gasteiger partial charge on any atom is 0.271 e. The number of allylic oxidation sites excluding steroid dienone is 2. The molecule has 5 rings (SSSR count). The van der Waals surface area contributed by atoms with Gasteiger partial charge in [0, 0.05) is 10.7 Å². The van der Waals surface area contributed by atoms with E-state index in [0.29, 0.717) is 32.7 Å². The fourth-order valence-corrected chi connectivity index (χ4v) is 6.21. The molecule has 35 heavy (non-hydrogen) atoms. The SMILES string of the molecule is COc1cc(C=c2sc3n(c2=O)C(c2ccc(Cl)cc2)C2=C(CCCC2C)N=3)cc(OC)c1OC. The van der Waals surface area contributed by atoms with Gasteiger partial charge in [0.25, 0.3) is 5.56 Å². The lowest BCUT2D eigenvalue weighted by atomic mass is 9.80. The van der Waals surface area contributed by atoms with Gasteiger partial charge in [0.05, 0.1) is 31.9 Å². The van der Waals surface area contributed by atoms with E-state index in [-0.39, 0.29) is 11.6 Å². The van der Waals surface area contributed by atoms with Crippen LogP contribution >= 0.6 is 22.9 Å². The third-order valence-corrected chi connectivity index (χ3v) is 7.94. The van der Waals surface area contributed by atoms with Gasteiger partial charge in [-0.1, -0.05) is 42.0 Å². The van der Waals surface area contributed by atoms with Crippen molar-refractivity contribution in [3.8, 4) is 17.2 Å². The second kappa shape index (κ2) is 9.55. The molecular weight excluding hydrogens is 484 g/mol. The maximum atomic E-state index is 13.8. The topological polar surface area (TPSA) is 62.1 Å². The molecule has 2 unspecified atom stereocenters. The minimum Gasteiger partial charge on any atom is -0.493 e. The van der Waals surface area contributed by atoms with Gasteiger partial charge in [-0.3, -0.25) is 9.36 Å². The summed E-state index contributed by atoms with van der Waals surface area (Å²) in [4.78, 5) is 19.5. The Morgan fingerprint density at radius 2 is 1.77 bits per heavy atom. The summed E-state index contributed by atoms with van der Waals surface area (Å²) in [6.45, 7) is 2.23.